The molecule has 2 aromatic heterocycles. The number of hydrogen-bond acceptors (Lipinski definition) is 6. The van der Waals surface area contributed by atoms with Crippen molar-refractivity contribution in [2.75, 3.05) is 5.32 Å². The fourth-order valence-electron chi connectivity index (χ4n) is 2.64. The number of amides is 1. The molecular formula is C19H15N5O2S. The highest BCUT2D eigenvalue weighted by atomic mass is 32.1. The molecule has 4 aromatic rings. The first-order valence-electron chi connectivity index (χ1n) is 8.26. The van der Waals surface area contributed by atoms with E-state index in [1.807, 2.05) is 37.3 Å². The van der Waals surface area contributed by atoms with Gasteiger partial charge in [-0.05, 0) is 30.7 Å². The van der Waals surface area contributed by atoms with Crippen LogP contribution in [0.25, 0.3) is 11.0 Å². The van der Waals surface area contributed by atoms with Crippen LogP contribution in [0.1, 0.15) is 21.6 Å². The Bertz CT molecular complexity index is 1180. The van der Waals surface area contributed by atoms with Gasteiger partial charge in [-0.25, -0.2) is 4.68 Å². The smallest absolute Gasteiger partial charge is 0.276 e. The third-order valence-electron chi connectivity index (χ3n) is 4.09. The number of aromatic nitrogens is 4. The zero-order valence-electron chi connectivity index (χ0n) is 14.4. The van der Waals surface area contributed by atoms with E-state index >= 15 is 0 Å². The fourth-order valence-corrected chi connectivity index (χ4v) is 3.19. The first-order valence-corrected chi connectivity index (χ1v) is 8.99. The first-order chi connectivity index (χ1) is 13.1. The number of anilines is 1. The predicted octanol–water partition coefficient (Wildman–Crippen LogP) is 2.86. The second-order valence-electron chi connectivity index (χ2n) is 6.09. The highest BCUT2D eigenvalue weighted by molar-refractivity contribution is 7.00. The molecule has 0 aliphatic carbocycles. The number of hydrogen-bond donors (Lipinski definition) is 1. The molecule has 0 unspecified atom stereocenters. The minimum atomic E-state index is -0.409. The number of aryl methyl sites for hydroxylation is 1. The average molecular weight is 377 g/mol. The Balaban J connectivity index is 1.60. The summed E-state index contributed by atoms with van der Waals surface area (Å²) >= 11 is 1.08. The number of nitrogens with zero attached hydrogens (tertiary/aromatic N) is 4. The Kier molecular flexibility index (Phi) is 4.47. The molecule has 0 spiro atoms. The lowest BCUT2D eigenvalue weighted by Crippen LogP contribution is -2.26. The SMILES string of the molecule is Cc1ccc(Cn2nc(C(=O)Nc3cccc4nsnc34)ccc2=O)cc1. The summed E-state index contributed by atoms with van der Waals surface area (Å²) in [5, 5.41) is 7.01. The fraction of sp³-hybridized carbons (Fsp3) is 0.105. The molecule has 0 aliphatic rings. The Hall–Kier alpha value is -3.39. The van der Waals surface area contributed by atoms with E-state index in [4.69, 9.17) is 0 Å². The normalized spacial score (nSPS) is 10.9. The summed E-state index contributed by atoms with van der Waals surface area (Å²) in [5.74, 6) is -0.409. The molecule has 1 N–H and O–H groups in total. The van der Waals surface area contributed by atoms with E-state index in [1.54, 1.807) is 12.1 Å². The van der Waals surface area contributed by atoms with Gasteiger partial charge in [0.1, 0.15) is 16.7 Å². The molecule has 2 aromatic carbocycles. The standard InChI is InChI=1S/C19H15N5O2S/c1-12-5-7-13(8-6-12)11-24-17(25)10-9-16(21-24)19(26)20-14-3-2-4-15-18(14)23-27-22-15/h2-10H,11H2,1H3,(H,20,26). The summed E-state index contributed by atoms with van der Waals surface area (Å²) in [4.78, 5) is 24.7. The molecule has 7 nitrogen and oxygen atoms in total. The Morgan fingerprint density at radius 2 is 1.89 bits per heavy atom. The van der Waals surface area contributed by atoms with Gasteiger partial charge in [-0.1, -0.05) is 35.9 Å². The lowest BCUT2D eigenvalue weighted by molar-refractivity contribution is 0.102. The maximum Gasteiger partial charge on any atom is 0.276 e. The maximum absolute atomic E-state index is 12.6. The van der Waals surface area contributed by atoms with Crippen LogP contribution in [0.2, 0.25) is 0 Å². The summed E-state index contributed by atoms with van der Waals surface area (Å²) in [6.07, 6.45) is 0. The van der Waals surface area contributed by atoms with E-state index in [1.165, 1.54) is 16.8 Å². The zero-order chi connectivity index (χ0) is 18.8. The van der Waals surface area contributed by atoms with Crippen molar-refractivity contribution in [1.82, 2.24) is 18.5 Å². The molecular weight excluding hydrogens is 362 g/mol. The molecule has 0 radical (unpaired) electrons. The van der Waals surface area contributed by atoms with Crippen LogP contribution in [0, 0.1) is 6.92 Å². The third-order valence-corrected chi connectivity index (χ3v) is 4.63. The van der Waals surface area contributed by atoms with Gasteiger partial charge in [0.15, 0.2) is 0 Å². The van der Waals surface area contributed by atoms with Crippen molar-refractivity contribution in [3.8, 4) is 0 Å². The van der Waals surface area contributed by atoms with E-state index < -0.39 is 5.91 Å². The van der Waals surface area contributed by atoms with Crippen LogP contribution < -0.4 is 10.9 Å². The van der Waals surface area contributed by atoms with Crippen molar-refractivity contribution in [1.29, 1.82) is 0 Å². The van der Waals surface area contributed by atoms with Gasteiger partial charge in [-0.2, -0.15) is 13.8 Å². The van der Waals surface area contributed by atoms with Crippen LogP contribution in [0.5, 0.6) is 0 Å². The Morgan fingerprint density at radius 3 is 2.70 bits per heavy atom. The van der Waals surface area contributed by atoms with Crippen LogP contribution in [0.4, 0.5) is 5.69 Å². The minimum absolute atomic E-state index is 0.155. The summed E-state index contributed by atoms with van der Waals surface area (Å²) < 4.78 is 9.64. The van der Waals surface area contributed by atoms with Crippen molar-refractivity contribution in [3.63, 3.8) is 0 Å². The van der Waals surface area contributed by atoms with Gasteiger partial charge in [-0.15, -0.1) is 0 Å². The van der Waals surface area contributed by atoms with Gasteiger partial charge in [-0.3, -0.25) is 9.59 Å². The number of nitrogens with one attached hydrogen (secondary N) is 1. The summed E-state index contributed by atoms with van der Waals surface area (Å²) in [7, 11) is 0. The second kappa shape index (κ2) is 7.08. The van der Waals surface area contributed by atoms with Crippen molar-refractivity contribution in [2.24, 2.45) is 0 Å². The molecule has 4 rings (SSSR count). The molecule has 0 fully saturated rings. The lowest BCUT2D eigenvalue weighted by Gasteiger charge is -2.08. The maximum atomic E-state index is 12.6. The molecule has 0 saturated heterocycles. The van der Waals surface area contributed by atoms with Crippen molar-refractivity contribution >= 4 is 34.4 Å². The first kappa shape index (κ1) is 17.0. The van der Waals surface area contributed by atoms with Crippen LogP contribution in [-0.2, 0) is 6.54 Å². The Labute approximate surface area is 158 Å². The highest BCUT2D eigenvalue weighted by Gasteiger charge is 2.13. The number of carbonyl (C=O) groups excluding carboxylic acids is 1. The molecule has 0 aliphatic heterocycles. The monoisotopic (exact) mass is 377 g/mol. The van der Waals surface area contributed by atoms with Gasteiger partial charge >= 0.3 is 0 Å². The molecule has 27 heavy (non-hydrogen) atoms. The Morgan fingerprint density at radius 1 is 1.07 bits per heavy atom. The van der Waals surface area contributed by atoms with Crippen molar-refractivity contribution < 1.29 is 4.79 Å². The number of benzene rings is 2. The number of carbonyl (C=O) groups is 1. The van der Waals surface area contributed by atoms with Gasteiger partial charge in [0.25, 0.3) is 11.5 Å². The number of fused-ring (bicyclic) bond motifs is 1. The quantitative estimate of drug-likeness (QED) is 0.591. The average Bonchev–Trinajstić information content (AvgIpc) is 3.15. The van der Waals surface area contributed by atoms with E-state index in [0.29, 0.717) is 17.7 Å². The predicted molar refractivity (Wildman–Crippen MR) is 104 cm³/mol. The lowest BCUT2D eigenvalue weighted by atomic mass is 10.1. The van der Waals surface area contributed by atoms with Gasteiger partial charge < -0.3 is 5.32 Å². The largest absolute Gasteiger partial charge is 0.319 e. The molecule has 0 saturated carbocycles. The van der Waals surface area contributed by atoms with Gasteiger partial charge in [0.2, 0.25) is 0 Å². The third kappa shape index (κ3) is 3.61. The van der Waals surface area contributed by atoms with E-state index in [2.05, 4.69) is 19.2 Å². The van der Waals surface area contributed by atoms with E-state index in [-0.39, 0.29) is 11.3 Å². The van der Waals surface area contributed by atoms with Crippen molar-refractivity contribution in [3.05, 3.63) is 81.8 Å². The van der Waals surface area contributed by atoms with Crippen LogP contribution >= 0.6 is 11.7 Å². The van der Waals surface area contributed by atoms with E-state index in [0.717, 1.165) is 28.4 Å². The molecule has 2 heterocycles. The van der Waals surface area contributed by atoms with Gasteiger partial charge in [0, 0.05) is 6.07 Å². The highest BCUT2D eigenvalue weighted by Crippen LogP contribution is 2.21. The van der Waals surface area contributed by atoms with Crippen molar-refractivity contribution in [2.45, 2.75) is 13.5 Å². The van der Waals surface area contributed by atoms with Crippen LogP contribution in [0.3, 0.4) is 0 Å². The summed E-state index contributed by atoms with van der Waals surface area (Å²) in [6, 6.07) is 16.0. The molecule has 0 bridgehead atoms. The second-order valence-corrected chi connectivity index (χ2v) is 6.62. The molecule has 8 heteroatoms. The molecule has 134 valence electrons. The van der Waals surface area contributed by atoms with E-state index in [9.17, 15) is 9.59 Å². The molecule has 1 amide bonds. The minimum Gasteiger partial charge on any atom is -0.319 e. The topological polar surface area (TPSA) is 89.8 Å². The molecule has 0 atom stereocenters. The number of rotatable bonds is 4. The summed E-state index contributed by atoms with van der Waals surface area (Å²) in [6.45, 7) is 2.30. The summed E-state index contributed by atoms with van der Waals surface area (Å²) in [5.41, 5.74) is 3.87. The zero-order valence-corrected chi connectivity index (χ0v) is 15.2. The van der Waals surface area contributed by atoms with Crippen LogP contribution in [-0.4, -0.2) is 24.4 Å². The van der Waals surface area contributed by atoms with Crippen LogP contribution in [0.15, 0.2) is 59.4 Å². The van der Waals surface area contributed by atoms with Gasteiger partial charge in [0.05, 0.1) is 24.0 Å².